The predicted octanol–water partition coefficient (Wildman–Crippen LogP) is 1.80. The first-order valence-electron chi connectivity index (χ1n) is 6.01. The van der Waals surface area contributed by atoms with Gasteiger partial charge < -0.3 is 10.6 Å². The number of likely N-dealkylation sites (tertiary alicyclic amines) is 1. The molecule has 1 saturated heterocycles. The normalized spacial score (nSPS) is 19.9. The molecule has 0 radical (unpaired) electrons. The van der Waals surface area contributed by atoms with Crippen molar-refractivity contribution in [3.8, 4) is 0 Å². The first kappa shape index (κ1) is 13.4. The van der Waals surface area contributed by atoms with E-state index in [2.05, 4.69) is 13.8 Å². The summed E-state index contributed by atoms with van der Waals surface area (Å²) in [6, 6.07) is 0. The summed E-state index contributed by atoms with van der Waals surface area (Å²) < 4.78 is 0. The van der Waals surface area contributed by atoms with Crippen LogP contribution >= 0.6 is 12.2 Å². The van der Waals surface area contributed by atoms with E-state index in [0.29, 0.717) is 10.9 Å². The molecule has 16 heavy (non-hydrogen) atoms. The van der Waals surface area contributed by atoms with Crippen molar-refractivity contribution in [1.29, 1.82) is 0 Å². The number of piperidine rings is 1. The van der Waals surface area contributed by atoms with Gasteiger partial charge in [-0.05, 0) is 31.6 Å². The number of rotatable bonds is 3. The summed E-state index contributed by atoms with van der Waals surface area (Å²) in [4.78, 5) is 14.2. The molecule has 0 aliphatic carbocycles. The van der Waals surface area contributed by atoms with Crippen LogP contribution in [0.1, 0.15) is 33.6 Å². The van der Waals surface area contributed by atoms with E-state index < -0.39 is 0 Å². The summed E-state index contributed by atoms with van der Waals surface area (Å²) in [5, 5.41) is 0. The van der Waals surface area contributed by atoms with E-state index in [-0.39, 0.29) is 11.8 Å². The molecule has 1 heterocycles. The van der Waals surface area contributed by atoms with Gasteiger partial charge in [0.15, 0.2) is 0 Å². The van der Waals surface area contributed by atoms with Gasteiger partial charge in [0, 0.05) is 13.1 Å². The maximum Gasteiger partial charge on any atom is 0.232 e. The molecule has 0 saturated carbocycles. The van der Waals surface area contributed by atoms with Crippen molar-refractivity contribution in [2.75, 3.05) is 13.1 Å². The Morgan fingerprint density at radius 3 is 2.19 bits per heavy atom. The van der Waals surface area contributed by atoms with Crippen LogP contribution in [0.25, 0.3) is 0 Å². The molecule has 1 amide bonds. The van der Waals surface area contributed by atoms with Gasteiger partial charge in [0.05, 0.1) is 10.9 Å². The van der Waals surface area contributed by atoms with Crippen LogP contribution in [0.2, 0.25) is 0 Å². The lowest BCUT2D eigenvalue weighted by molar-refractivity contribution is -0.134. The van der Waals surface area contributed by atoms with Gasteiger partial charge in [-0.3, -0.25) is 4.79 Å². The number of nitrogens with two attached hydrogens (primary N) is 1. The van der Waals surface area contributed by atoms with E-state index in [9.17, 15) is 4.79 Å². The second-order valence-corrected chi connectivity index (χ2v) is 5.50. The van der Waals surface area contributed by atoms with E-state index in [1.165, 1.54) is 0 Å². The molecule has 3 nitrogen and oxygen atoms in total. The lowest BCUT2D eigenvalue weighted by atomic mass is 9.86. The van der Waals surface area contributed by atoms with E-state index >= 15 is 0 Å². The zero-order valence-electron chi connectivity index (χ0n) is 10.4. The summed E-state index contributed by atoms with van der Waals surface area (Å²) in [5.41, 5.74) is 5.50. The van der Waals surface area contributed by atoms with E-state index in [1.807, 2.05) is 4.90 Å². The molecule has 4 heteroatoms. The van der Waals surface area contributed by atoms with Crippen molar-refractivity contribution < 1.29 is 4.79 Å². The van der Waals surface area contributed by atoms with Crippen LogP contribution < -0.4 is 5.73 Å². The zero-order valence-corrected chi connectivity index (χ0v) is 11.2. The third-order valence-electron chi connectivity index (χ3n) is 3.59. The number of carbonyl (C=O) groups is 1. The average molecular weight is 242 g/mol. The first-order valence-corrected chi connectivity index (χ1v) is 6.42. The minimum Gasteiger partial charge on any atom is -0.393 e. The second-order valence-electron chi connectivity index (χ2n) is 5.03. The number of nitrogens with zero attached hydrogens (tertiary/aromatic N) is 1. The number of hydrogen-bond acceptors (Lipinski definition) is 2. The molecule has 2 N–H and O–H groups in total. The number of carbonyl (C=O) groups excluding carboxylic acids is 1. The molecule has 0 aromatic rings. The number of thiocarbonyl (C=S) groups is 1. The SMILES string of the molecule is CC(C(=O)N1CCC(C(C)C)CC1)C(N)=S. The topological polar surface area (TPSA) is 46.3 Å². The summed E-state index contributed by atoms with van der Waals surface area (Å²) in [5.74, 6) is 1.25. The number of amides is 1. The molecule has 0 spiro atoms. The molecule has 1 unspecified atom stereocenters. The highest BCUT2D eigenvalue weighted by Gasteiger charge is 2.27. The van der Waals surface area contributed by atoms with Crippen molar-refractivity contribution in [1.82, 2.24) is 4.90 Å². The standard InChI is InChI=1S/C12H22N2OS/c1-8(2)10-4-6-14(7-5-10)12(15)9(3)11(13)16/h8-10H,4-7H2,1-3H3,(H2,13,16). The fourth-order valence-corrected chi connectivity index (χ4v) is 2.28. The van der Waals surface area contributed by atoms with Crippen molar-refractivity contribution in [3.63, 3.8) is 0 Å². The molecular weight excluding hydrogens is 220 g/mol. The Hall–Kier alpha value is -0.640. The van der Waals surface area contributed by atoms with Crippen LogP contribution in [0.4, 0.5) is 0 Å². The minimum absolute atomic E-state index is 0.0923. The van der Waals surface area contributed by atoms with E-state index in [0.717, 1.165) is 31.8 Å². The highest BCUT2D eigenvalue weighted by Crippen LogP contribution is 2.25. The van der Waals surface area contributed by atoms with Crippen molar-refractivity contribution in [3.05, 3.63) is 0 Å². The van der Waals surface area contributed by atoms with Gasteiger partial charge in [-0.2, -0.15) is 0 Å². The minimum atomic E-state index is -0.314. The summed E-state index contributed by atoms with van der Waals surface area (Å²) in [6.07, 6.45) is 2.21. The number of hydrogen-bond donors (Lipinski definition) is 1. The van der Waals surface area contributed by atoms with Crippen LogP contribution in [0, 0.1) is 17.8 Å². The molecule has 92 valence electrons. The maximum atomic E-state index is 12.0. The highest BCUT2D eigenvalue weighted by molar-refractivity contribution is 7.80. The first-order chi connectivity index (χ1) is 7.43. The van der Waals surface area contributed by atoms with Crippen molar-refractivity contribution in [2.45, 2.75) is 33.6 Å². The Morgan fingerprint density at radius 1 is 1.31 bits per heavy atom. The van der Waals surface area contributed by atoms with Crippen LogP contribution in [0.3, 0.4) is 0 Å². The Morgan fingerprint density at radius 2 is 1.81 bits per heavy atom. The third-order valence-corrected chi connectivity index (χ3v) is 3.94. The molecule has 0 bridgehead atoms. The van der Waals surface area contributed by atoms with Crippen molar-refractivity contribution >= 4 is 23.1 Å². The molecule has 0 aromatic carbocycles. The van der Waals surface area contributed by atoms with Gasteiger partial charge in [0.2, 0.25) is 5.91 Å². The quantitative estimate of drug-likeness (QED) is 0.768. The largest absolute Gasteiger partial charge is 0.393 e. The van der Waals surface area contributed by atoms with E-state index in [4.69, 9.17) is 18.0 Å². The third kappa shape index (κ3) is 3.17. The zero-order chi connectivity index (χ0) is 12.3. The molecule has 1 aliphatic heterocycles. The Kier molecular flexibility index (Phi) is 4.71. The van der Waals surface area contributed by atoms with Crippen LogP contribution in [0.15, 0.2) is 0 Å². The fraction of sp³-hybridized carbons (Fsp3) is 0.833. The van der Waals surface area contributed by atoms with Gasteiger partial charge in [-0.1, -0.05) is 26.1 Å². The van der Waals surface area contributed by atoms with E-state index in [1.54, 1.807) is 6.92 Å². The second kappa shape index (κ2) is 5.62. The van der Waals surface area contributed by atoms with Crippen LogP contribution in [-0.2, 0) is 4.79 Å². The fourth-order valence-electron chi connectivity index (χ4n) is 2.18. The lowest BCUT2D eigenvalue weighted by Crippen LogP contribution is -2.44. The summed E-state index contributed by atoms with van der Waals surface area (Å²) in [6.45, 7) is 8.00. The molecule has 1 rings (SSSR count). The van der Waals surface area contributed by atoms with Gasteiger partial charge in [0.1, 0.15) is 0 Å². The predicted molar refractivity (Wildman–Crippen MR) is 70.1 cm³/mol. The van der Waals surface area contributed by atoms with Crippen molar-refractivity contribution in [2.24, 2.45) is 23.5 Å². The maximum absolute atomic E-state index is 12.0. The average Bonchev–Trinajstić information content (AvgIpc) is 2.27. The lowest BCUT2D eigenvalue weighted by Gasteiger charge is -2.35. The summed E-state index contributed by atoms with van der Waals surface area (Å²) in [7, 11) is 0. The highest BCUT2D eigenvalue weighted by atomic mass is 32.1. The van der Waals surface area contributed by atoms with Gasteiger partial charge in [-0.25, -0.2) is 0 Å². The molecule has 0 aromatic heterocycles. The van der Waals surface area contributed by atoms with Crippen LogP contribution in [-0.4, -0.2) is 28.9 Å². The smallest absolute Gasteiger partial charge is 0.232 e. The Bertz CT molecular complexity index is 270. The molecule has 1 atom stereocenters. The monoisotopic (exact) mass is 242 g/mol. The Labute approximate surface area is 103 Å². The van der Waals surface area contributed by atoms with Crippen LogP contribution in [0.5, 0.6) is 0 Å². The molecule has 1 aliphatic rings. The molecule has 1 fully saturated rings. The van der Waals surface area contributed by atoms with Gasteiger partial charge in [-0.15, -0.1) is 0 Å². The van der Waals surface area contributed by atoms with Gasteiger partial charge >= 0.3 is 0 Å². The summed E-state index contributed by atoms with van der Waals surface area (Å²) >= 11 is 4.86. The molecular formula is C12H22N2OS. The Balaban J connectivity index is 2.48. The van der Waals surface area contributed by atoms with Gasteiger partial charge in [0.25, 0.3) is 0 Å².